The average molecular weight is 276 g/mol. The molecule has 0 amide bonds. The second-order valence-electron chi connectivity index (χ2n) is 5.45. The Hall–Kier alpha value is -1.71. The number of anilines is 2. The van der Waals surface area contributed by atoms with Crippen LogP contribution in [-0.2, 0) is 4.74 Å². The summed E-state index contributed by atoms with van der Waals surface area (Å²) in [7, 11) is 0. The highest BCUT2D eigenvalue weighted by Gasteiger charge is 2.25. The van der Waals surface area contributed by atoms with Crippen molar-refractivity contribution in [1.29, 1.82) is 0 Å². The lowest BCUT2D eigenvalue weighted by Crippen LogP contribution is -2.21. The van der Waals surface area contributed by atoms with Crippen molar-refractivity contribution in [2.24, 2.45) is 5.92 Å². The van der Waals surface area contributed by atoms with E-state index in [4.69, 9.17) is 10.5 Å². The van der Waals surface area contributed by atoms with Gasteiger partial charge in [-0.25, -0.2) is 4.79 Å². The Labute approximate surface area is 120 Å². The van der Waals surface area contributed by atoms with Gasteiger partial charge in [0.1, 0.15) is 0 Å². The summed E-state index contributed by atoms with van der Waals surface area (Å²) in [4.78, 5) is 12.0. The van der Waals surface area contributed by atoms with Gasteiger partial charge in [0.05, 0.1) is 12.2 Å². The van der Waals surface area contributed by atoms with Crippen LogP contribution in [-0.4, -0.2) is 18.6 Å². The van der Waals surface area contributed by atoms with E-state index < -0.39 is 0 Å². The monoisotopic (exact) mass is 276 g/mol. The number of rotatable bonds is 7. The van der Waals surface area contributed by atoms with Gasteiger partial charge in [-0.3, -0.25) is 0 Å². The molecule has 4 nitrogen and oxygen atoms in total. The molecule has 0 bridgehead atoms. The van der Waals surface area contributed by atoms with Crippen LogP contribution >= 0.6 is 0 Å². The van der Waals surface area contributed by atoms with Crippen molar-refractivity contribution in [3.05, 3.63) is 23.8 Å². The first-order valence-corrected chi connectivity index (χ1v) is 7.47. The van der Waals surface area contributed by atoms with Gasteiger partial charge in [0.2, 0.25) is 0 Å². The third-order valence-corrected chi connectivity index (χ3v) is 3.71. The Morgan fingerprint density at radius 3 is 2.80 bits per heavy atom. The predicted octanol–water partition coefficient (Wildman–Crippen LogP) is 3.44. The molecule has 0 aromatic heterocycles. The van der Waals surface area contributed by atoms with Crippen LogP contribution in [0.2, 0.25) is 0 Å². The minimum Gasteiger partial charge on any atom is -0.462 e. The summed E-state index contributed by atoms with van der Waals surface area (Å²) in [6.07, 6.45) is 4.89. The molecule has 1 aromatic carbocycles. The van der Waals surface area contributed by atoms with Gasteiger partial charge in [-0.2, -0.15) is 0 Å². The zero-order valence-corrected chi connectivity index (χ0v) is 12.3. The van der Waals surface area contributed by atoms with Gasteiger partial charge < -0.3 is 15.8 Å². The van der Waals surface area contributed by atoms with Crippen LogP contribution in [0.4, 0.5) is 11.4 Å². The maximum absolute atomic E-state index is 12.0. The van der Waals surface area contributed by atoms with Crippen LogP contribution in [0.1, 0.15) is 49.9 Å². The molecule has 1 aliphatic carbocycles. The van der Waals surface area contributed by atoms with E-state index in [-0.39, 0.29) is 5.97 Å². The molecule has 1 aromatic rings. The first-order valence-electron chi connectivity index (χ1n) is 7.47. The number of carbonyl (C=O) groups excluding carboxylic acids is 1. The second kappa shape index (κ2) is 6.64. The Balaban J connectivity index is 2.13. The summed E-state index contributed by atoms with van der Waals surface area (Å²) in [5.74, 6) is 0.538. The van der Waals surface area contributed by atoms with Gasteiger partial charge in [0, 0.05) is 17.4 Å². The van der Waals surface area contributed by atoms with Gasteiger partial charge >= 0.3 is 5.97 Å². The SMILES string of the molecule is CCOC(=O)c1cc(N)ccc1NC(CC)CC1CC1. The maximum atomic E-state index is 12.0. The number of nitrogens with two attached hydrogens (primary N) is 1. The van der Waals surface area contributed by atoms with Crippen molar-refractivity contribution in [2.75, 3.05) is 17.7 Å². The molecule has 0 saturated heterocycles. The summed E-state index contributed by atoms with van der Waals surface area (Å²) >= 11 is 0. The van der Waals surface area contributed by atoms with E-state index in [1.165, 1.54) is 19.3 Å². The summed E-state index contributed by atoms with van der Waals surface area (Å²) in [5, 5.41) is 3.48. The molecule has 0 radical (unpaired) electrons. The molecule has 20 heavy (non-hydrogen) atoms. The number of esters is 1. The van der Waals surface area contributed by atoms with Crippen molar-refractivity contribution < 1.29 is 9.53 Å². The molecular weight excluding hydrogens is 252 g/mol. The summed E-state index contributed by atoms with van der Waals surface area (Å²) in [5.41, 5.74) is 7.71. The first kappa shape index (κ1) is 14.7. The normalized spacial score (nSPS) is 15.7. The quantitative estimate of drug-likeness (QED) is 0.591. The topological polar surface area (TPSA) is 64.3 Å². The highest BCUT2D eigenvalue weighted by Crippen LogP contribution is 2.35. The number of ether oxygens (including phenoxy) is 1. The molecule has 1 aliphatic rings. The number of nitrogens with one attached hydrogen (secondary N) is 1. The number of hydrogen-bond donors (Lipinski definition) is 2. The van der Waals surface area contributed by atoms with E-state index in [2.05, 4.69) is 12.2 Å². The molecule has 3 N–H and O–H groups in total. The van der Waals surface area contributed by atoms with Crippen LogP contribution in [0.5, 0.6) is 0 Å². The van der Waals surface area contributed by atoms with E-state index in [9.17, 15) is 4.79 Å². The highest BCUT2D eigenvalue weighted by atomic mass is 16.5. The van der Waals surface area contributed by atoms with Crippen LogP contribution < -0.4 is 11.1 Å². The van der Waals surface area contributed by atoms with Crippen LogP contribution in [0.15, 0.2) is 18.2 Å². The van der Waals surface area contributed by atoms with Gasteiger partial charge in [0.25, 0.3) is 0 Å². The van der Waals surface area contributed by atoms with Gasteiger partial charge in [-0.05, 0) is 43.9 Å². The molecule has 0 spiro atoms. The fraction of sp³-hybridized carbons (Fsp3) is 0.562. The van der Waals surface area contributed by atoms with E-state index in [1.54, 1.807) is 13.0 Å². The Morgan fingerprint density at radius 1 is 1.45 bits per heavy atom. The van der Waals surface area contributed by atoms with Gasteiger partial charge in [-0.15, -0.1) is 0 Å². The van der Waals surface area contributed by atoms with Crippen LogP contribution in [0.25, 0.3) is 0 Å². The van der Waals surface area contributed by atoms with Crippen molar-refractivity contribution in [3.8, 4) is 0 Å². The zero-order valence-electron chi connectivity index (χ0n) is 12.3. The summed E-state index contributed by atoms with van der Waals surface area (Å²) in [6, 6.07) is 5.77. The van der Waals surface area contributed by atoms with Crippen molar-refractivity contribution >= 4 is 17.3 Å². The second-order valence-corrected chi connectivity index (χ2v) is 5.45. The number of nitrogen functional groups attached to an aromatic ring is 1. The van der Waals surface area contributed by atoms with Gasteiger partial charge in [0.15, 0.2) is 0 Å². The van der Waals surface area contributed by atoms with Gasteiger partial charge in [-0.1, -0.05) is 19.8 Å². The third-order valence-electron chi connectivity index (χ3n) is 3.71. The number of carbonyl (C=O) groups is 1. The third kappa shape index (κ3) is 3.89. The van der Waals surface area contributed by atoms with Crippen molar-refractivity contribution in [2.45, 2.75) is 45.6 Å². The molecule has 1 atom stereocenters. The number of hydrogen-bond acceptors (Lipinski definition) is 4. The van der Waals surface area contributed by atoms with Crippen LogP contribution in [0.3, 0.4) is 0 Å². The lowest BCUT2D eigenvalue weighted by atomic mass is 10.1. The molecule has 4 heteroatoms. The minimum atomic E-state index is -0.316. The highest BCUT2D eigenvalue weighted by molar-refractivity contribution is 5.96. The molecule has 0 aliphatic heterocycles. The largest absolute Gasteiger partial charge is 0.462 e. The fourth-order valence-electron chi connectivity index (χ4n) is 2.37. The lowest BCUT2D eigenvalue weighted by Gasteiger charge is -2.20. The van der Waals surface area contributed by atoms with Crippen molar-refractivity contribution in [1.82, 2.24) is 0 Å². The van der Waals surface area contributed by atoms with E-state index in [0.29, 0.717) is 23.9 Å². The fourth-order valence-corrected chi connectivity index (χ4v) is 2.37. The maximum Gasteiger partial charge on any atom is 0.340 e. The summed E-state index contributed by atoms with van der Waals surface area (Å²) < 4.78 is 5.10. The molecular formula is C16H24N2O2. The average Bonchev–Trinajstić information content (AvgIpc) is 3.24. The van der Waals surface area contributed by atoms with E-state index >= 15 is 0 Å². The lowest BCUT2D eigenvalue weighted by molar-refractivity contribution is 0.0527. The molecule has 1 saturated carbocycles. The van der Waals surface area contributed by atoms with Crippen LogP contribution in [0, 0.1) is 5.92 Å². The molecule has 1 fully saturated rings. The Kier molecular flexibility index (Phi) is 4.88. The molecule has 0 heterocycles. The van der Waals surface area contributed by atoms with Crippen molar-refractivity contribution in [3.63, 3.8) is 0 Å². The predicted molar refractivity (Wildman–Crippen MR) is 81.9 cm³/mol. The smallest absolute Gasteiger partial charge is 0.340 e. The van der Waals surface area contributed by atoms with E-state index in [1.807, 2.05) is 12.1 Å². The standard InChI is InChI=1S/C16H24N2O2/c1-3-13(9-11-5-6-11)18-15-8-7-12(17)10-14(15)16(19)20-4-2/h7-8,10-11,13,18H,3-6,9,17H2,1-2H3. The molecule has 2 rings (SSSR count). The molecule has 1 unspecified atom stereocenters. The zero-order chi connectivity index (χ0) is 14.5. The number of benzene rings is 1. The Morgan fingerprint density at radius 2 is 2.20 bits per heavy atom. The Bertz CT molecular complexity index is 470. The summed E-state index contributed by atoms with van der Waals surface area (Å²) in [6.45, 7) is 4.34. The first-order chi connectivity index (χ1) is 9.63. The molecule has 110 valence electrons. The van der Waals surface area contributed by atoms with E-state index in [0.717, 1.165) is 18.0 Å². The minimum absolute atomic E-state index is 0.316.